The minimum Gasteiger partial charge on any atom is -0.497 e. The van der Waals surface area contributed by atoms with Gasteiger partial charge in [-0.05, 0) is 84.3 Å². The molecule has 0 fully saturated rings. The maximum atomic E-state index is 12.4. The first-order chi connectivity index (χ1) is 21.4. The van der Waals surface area contributed by atoms with E-state index in [9.17, 15) is 18.0 Å². The molecule has 0 aromatic heterocycles. The summed E-state index contributed by atoms with van der Waals surface area (Å²) in [6.07, 6.45) is -1.94. The molecule has 10 nitrogen and oxygen atoms in total. The number of aliphatic imine (C=N–C) groups is 2. The molecule has 0 saturated carbocycles. The molecular weight excluding hydrogens is 609 g/mol. The molecule has 0 saturated heterocycles. The number of aryl methyl sites for hydroxylation is 2. The Kier molecular flexibility index (Phi) is 11.1. The first kappa shape index (κ1) is 33.3. The van der Waals surface area contributed by atoms with Crippen molar-refractivity contribution in [3.8, 4) is 11.5 Å². The highest BCUT2D eigenvalue weighted by molar-refractivity contribution is 8.13. The van der Waals surface area contributed by atoms with E-state index in [1.807, 2.05) is 50.2 Å². The van der Waals surface area contributed by atoms with Crippen LogP contribution in [0.1, 0.15) is 42.3 Å². The smallest absolute Gasteiger partial charge is 0.497 e. The Morgan fingerprint density at radius 3 is 2.36 bits per heavy atom. The molecule has 3 aromatic rings. The van der Waals surface area contributed by atoms with Gasteiger partial charge in [0.1, 0.15) is 29.9 Å². The Morgan fingerprint density at radius 1 is 1.09 bits per heavy atom. The van der Waals surface area contributed by atoms with Gasteiger partial charge in [-0.2, -0.15) is 10.5 Å². The topological polar surface area (TPSA) is 109 Å². The summed E-state index contributed by atoms with van der Waals surface area (Å²) in [5.74, 6) is -0.0486. The number of rotatable bonds is 10. The van der Waals surface area contributed by atoms with Crippen molar-refractivity contribution in [2.75, 3.05) is 18.1 Å². The molecule has 1 unspecified atom stereocenters. The molecule has 0 amide bonds. The van der Waals surface area contributed by atoms with Crippen molar-refractivity contribution in [3.63, 3.8) is 0 Å². The molecule has 1 aliphatic rings. The Morgan fingerprint density at radius 2 is 1.76 bits per heavy atom. The van der Waals surface area contributed by atoms with Gasteiger partial charge in [0.2, 0.25) is 0 Å². The van der Waals surface area contributed by atoms with Crippen LogP contribution in [0.4, 0.5) is 24.5 Å². The number of amidine groups is 1. The second kappa shape index (κ2) is 14.9. The summed E-state index contributed by atoms with van der Waals surface area (Å²) in [5.41, 5.74) is 11.0. The van der Waals surface area contributed by atoms with E-state index >= 15 is 0 Å². The van der Waals surface area contributed by atoms with Crippen molar-refractivity contribution >= 4 is 46.8 Å². The van der Waals surface area contributed by atoms with Gasteiger partial charge in [-0.25, -0.2) is 9.98 Å². The van der Waals surface area contributed by atoms with E-state index in [1.54, 1.807) is 38.5 Å². The minimum atomic E-state index is -4.75. The van der Waals surface area contributed by atoms with Crippen molar-refractivity contribution in [1.29, 1.82) is 0 Å². The number of thioether (sulfide) groups is 1. The summed E-state index contributed by atoms with van der Waals surface area (Å²) < 4.78 is 51.9. The van der Waals surface area contributed by atoms with Crippen LogP contribution < -0.4 is 25.3 Å². The molecular formula is C31H33F3N6O4S. The first-order valence-electron chi connectivity index (χ1n) is 13.8. The summed E-state index contributed by atoms with van der Waals surface area (Å²) in [6, 6.07) is 16.8. The second-order valence-electron chi connectivity index (χ2n) is 10.2. The molecule has 0 radical (unpaired) electrons. The number of nitrogens with one attached hydrogen (secondary N) is 2. The summed E-state index contributed by atoms with van der Waals surface area (Å²) in [7, 11) is 1.61. The van der Waals surface area contributed by atoms with E-state index in [1.165, 1.54) is 36.0 Å². The maximum absolute atomic E-state index is 12.4. The van der Waals surface area contributed by atoms with Gasteiger partial charge in [0.15, 0.2) is 5.17 Å². The molecule has 45 heavy (non-hydrogen) atoms. The van der Waals surface area contributed by atoms with E-state index in [2.05, 4.69) is 25.7 Å². The first-order valence-corrected chi connectivity index (χ1v) is 14.8. The molecule has 1 aliphatic heterocycles. The highest BCUT2D eigenvalue weighted by Gasteiger charge is 2.31. The van der Waals surface area contributed by atoms with E-state index in [0.717, 1.165) is 33.7 Å². The summed E-state index contributed by atoms with van der Waals surface area (Å²) in [5, 5.41) is 6.40. The molecule has 3 aromatic carbocycles. The maximum Gasteiger partial charge on any atom is 0.573 e. The highest BCUT2D eigenvalue weighted by Crippen LogP contribution is 2.30. The van der Waals surface area contributed by atoms with E-state index < -0.39 is 6.36 Å². The zero-order valence-electron chi connectivity index (χ0n) is 25.3. The number of hydrogen-bond donors (Lipinski definition) is 2. The average Bonchev–Trinajstić information content (AvgIpc) is 3.48. The van der Waals surface area contributed by atoms with E-state index in [4.69, 9.17) is 14.5 Å². The van der Waals surface area contributed by atoms with Crippen LogP contribution in [0.25, 0.3) is 0 Å². The zero-order chi connectivity index (χ0) is 32.6. The molecule has 1 atom stereocenters. The predicted molar refractivity (Wildman–Crippen MR) is 170 cm³/mol. The normalized spacial score (nSPS) is 15.2. The van der Waals surface area contributed by atoms with Gasteiger partial charge in [0.25, 0.3) is 0 Å². The number of carbonyl (C=O) groups excluding carboxylic acids is 1. The summed E-state index contributed by atoms with van der Waals surface area (Å²) >= 11 is 1.21. The third-order valence-corrected chi connectivity index (χ3v) is 7.04. The summed E-state index contributed by atoms with van der Waals surface area (Å²) in [6.45, 7) is 7.41. The lowest BCUT2D eigenvalue weighted by molar-refractivity contribution is -0.274. The SMILES string of the molecule is COc1cc(C)c(N=C(N/N=C/c2ccc(C3N=CN(c4ccc(OC(F)(F)F)cc4)N3)cc2)SCOC(=O)C(C)C)c(C)c1. The zero-order valence-corrected chi connectivity index (χ0v) is 26.1. The molecule has 0 bridgehead atoms. The van der Waals surface area contributed by atoms with Crippen LogP contribution >= 0.6 is 11.8 Å². The average molecular weight is 643 g/mol. The number of carbonyl (C=O) groups is 1. The monoisotopic (exact) mass is 642 g/mol. The van der Waals surface area contributed by atoms with Crippen LogP contribution in [0.3, 0.4) is 0 Å². The van der Waals surface area contributed by atoms with Crippen molar-refractivity contribution in [1.82, 2.24) is 10.9 Å². The van der Waals surface area contributed by atoms with E-state index in [-0.39, 0.29) is 29.7 Å². The number of halogens is 3. The standard InChI is InChI=1S/C31H33F3N6O4S/c1-19(2)29(41)43-18-45-30(37-27-20(3)14-26(42-5)15-21(27)4)38-36-16-22-6-8-23(9-7-22)28-35-17-40(39-28)24-10-12-25(13-11-24)44-31(32,33)34/h6-17,19,28,39H,18H2,1-5H3,(H,37,38)/b36-16+. The van der Waals surface area contributed by atoms with Crippen LogP contribution in [0.5, 0.6) is 11.5 Å². The third-order valence-electron chi connectivity index (χ3n) is 6.35. The third kappa shape index (κ3) is 9.71. The van der Waals surface area contributed by atoms with Gasteiger partial charge in [0.05, 0.1) is 30.6 Å². The number of nitrogens with zero attached hydrogens (tertiary/aromatic N) is 4. The number of anilines is 1. The molecule has 2 N–H and O–H groups in total. The van der Waals surface area contributed by atoms with Gasteiger partial charge in [-0.1, -0.05) is 38.1 Å². The van der Waals surface area contributed by atoms with Crippen molar-refractivity contribution < 1.29 is 32.2 Å². The van der Waals surface area contributed by atoms with Gasteiger partial charge in [-0.15, -0.1) is 13.2 Å². The second-order valence-corrected chi connectivity index (χ2v) is 11.1. The lowest BCUT2D eigenvalue weighted by Crippen LogP contribution is -2.33. The lowest BCUT2D eigenvalue weighted by Gasteiger charge is -2.18. The van der Waals surface area contributed by atoms with Crippen molar-refractivity contribution in [2.45, 2.75) is 40.2 Å². The van der Waals surface area contributed by atoms with Gasteiger partial charge >= 0.3 is 12.3 Å². The van der Waals surface area contributed by atoms with Crippen LogP contribution in [0.2, 0.25) is 0 Å². The fourth-order valence-corrected chi connectivity index (χ4v) is 4.64. The van der Waals surface area contributed by atoms with Crippen LogP contribution in [-0.2, 0) is 9.53 Å². The number of esters is 1. The molecule has 1 heterocycles. The Hall–Kier alpha value is -4.56. The molecule has 14 heteroatoms. The Labute approximate surface area is 263 Å². The number of alkyl halides is 3. The number of hydrogen-bond acceptors (Lipinski definition) is 10. The molecule has 0 aliphatic carbocycles. The van der Waals surface area contributed by atoms with Gasteiger partial charge in [-0.3, -0.25) is 15.2 Å². The van der Waals surface area contributed by atoms with Crippen LogP contribution in [-0.4, -0.2) is 43.1 Å². The van der Waals surface area contributed by atoms with Crippen LogP contribution in [0, 0.1) is 19.8 Å². The van der Waals surface area contributed by atoms with Gasteiger partial charge in [0, 0.05) is 0 Å². The summed E-state index contributed by atoms with van der Waals surface area (Å²) in [4.78, 5) is 21.1. The number of methoxy groups -OCH3 is 1. The molecule has 238 valence electrons. The fourth-order valence-electron chi connectivity index (χ4n) is 4.08. The van der Waals surface area contributed by atoms with Gasteiger partial charge < -0.3 is 14.2 Å². The van der Waals surface area contributed by atoms with E-state index in [0.29, 0.717) is 10.9 Å². The van der Waals surface area contributed by atoms with Crippen molar-refractivity contribution in [2.24, 2.45) is 21.0 Å². The Balaban J connectivity index is 1.39. The predicted octanol–water partition coefficient (Wildman–Crippen LogP) is 6.76. The highest BCUT2D eigenvalue weighted by atomic mass is 32.2. The van der Waals surface area contributed by atoms with Crippen LogP contribution in [0.15, 0.2) is 75.7 Å². The quantitative estimate of drug-likeness (QED) is 0.0821. The largest absolute Gasteiger partial charge is 0.573 e. The fraction of sp³-hybridized carbons (Fsp3) is 0.290. The number of benzene rings is 3. The molecule has 4 rings (SSSR count). The van der Waals surface area contributed by atoms with Crippen molar-refractivity contribution in [3.05, 3.63) is 82.9 Å². The molecule has 0 spiro atoms. The number of ether oxygens (including phenoxy) is 3. The Bertz CT molecular complexity index is 1540. The number of hydrazone groups is 1. The minimum absolute atomic E-state index is 0.0682. The lowest BCUT2D eigenvalue weighted by atomic mass is 10.1. The number of hydrazine groups is 1.